The molecule has 0 spiro atoms. The van der Waals surface area contributed by atoms with Gasteiger partial charge in [0, 0.05) is 19.7 Å². The lowest BCUT2D eigenvalue weighted by atomic mass is 9.97. The van der Waals surface area contributed by atoms with Gasteiger partial charge in [-0.3, -0.25) is 5.32 Å². The van der Waals surface area contributed by atoms with E-state index in [9.17, 15) is 5.26 Å². The monoisotopic (exact) mass is 239 g/mol. The lowest BCUT2D eigenvalue weighted by molar-refractivity contribution is 0.159. The molecule has 0 saturated heterocycles. The van der Waals surface area contributed by atoms with Crippen molar-refractivity contribution in [1.82, 2.24) is 10.2 Å². The molecule has 0 amide bonds. The highest BCUT2D eigenvalue weighted by Gasteiger charge is 2.31. The molecule has 0 aromatic carbocycles. The number of likely N-dealkylation sites (N-methyl/N-ethyl adjacent to an activating group) is 1. The first-order valence-corrected chi connectivity index (χ1v) is 6.46. The molecular formula is C13H25N3O. The first-order valence-electron chi connectivity index (χ1n) is 6.46. The van der Waals surface area contributed by atoms with E-state index in [2.05, 4.69) is 23.3 Å². The third kappa shape index (κ3) is 6.02. The van der Waals surface area contributed by atoms with E-state index < -0.39 is 0 Å². The first-order chi connectivity index (χ1) is 8.09. The minimum atomic E-state index is -0.344. The Morgan fingerprint density at radius 1 is 1.47 bits per heavy atom. The predicted molar refractivity (Wildman–Crippen MR) is 68.8 cm³/mol. The predicted octanol–water partition coefficient (Wildman–Crippen LogP) is 1.38. The van der Waals surface area contributed by atoms with Gasteiger partial charge in [0.05, 0.1) is 12.7 Å². The van der Waals surface area contributed by atoms with E-state index in [1.54, 1.807) is 7.11 Å². The summed E-state index contributed by atoms with van der Waals surface area (Å²) in [5.41, 5.74) is -0.344. The number of nitrogens with one attached hydrogen (secondary N) is 1. The quantitative estimate of drug-likeness (QED) is 0.660. The Morgan fingerprint density at radius 2 is 2.18 bits per heavy atom. The Kier molecular flexibility index (Phi) is 5.90. The van der Waals surface area contributed by atoms with Gasteiger partial charge in [0.15, 0.2) is 0 Å². The molecule has 1 unspecified atom stereocenters. The normalized spacial score (nSPS) is 19.0. The third-order valence-corrected chi connectivity index (χ3v) is 3.24. The van der Waals surface area contributed by atoms with Gasteiger partial charge < -0.3 is 9.64 Å². The summed E-state index contributed by atoms with van der Waals surface area (Å²) in [5, 5.41) is 12.7. The van der Waals surface area contributed by atoms with Crippen LogP contribution in [-0.2, 0) is 4.74 Å². The van der Waals surface area contributed by atoms with Crippen LogP contribution in [0.1, 0.15) is 32.6 Å². The molecule has 0 aromatic rings. The zero-order valence-corrected chi connectivity index (χ0v) is 11.3. The summed E-state index contributed by atoms with van der Waals surface area (Å²) >= 11 is 0. The molecule has 1 aliphatic carbocycles. The Labute approximate surface area is 105 Å². The van der Waals surface area contributed by atoms with E-state index in [0.29, 0.717) is 6.04 Å². The maximum atomic E-state index is 9.22. The molecule has 1 aliphatic rings. The van der Waals surface area contributed by atoms with Crippen molar-refractivity contribution in [3.63, 3.8) is 0 Å². The number of methoxy groups -OCH3 is 1. The van der Waals surface area contributed by atoms with Crippen LogP contribution in [0.15, 0.2) is 0 Å². The van der Waals surface area contributed by atoms with Crippen LogP contribution >= 0.6 is 0 Å². The average molecular weight is 239 g/mol. The largest absolute Gasteiger partial charge is 0.383 e. The molecule has 1 rings (SSSR count). The van der Waals surface area contributed by atoms with Gasteiger partial charge in [-0.1, -0.05) is 0 Å². The van der Waals surface area contributed by atoms with Crippen LogP contribution in [0.25, 0.3) is 0 Å². The number of hydrogen-bond donors (Lipinski definition) is 1. The van der Waals surface area contributed by atoms with Gasteiger partial charge in [-0.2, -0.15) is 5.26 Å². The van der Waals surface area contributed by atoms with Crippen LogP contribution in [0.5, 0.6) is 0 Å². The SMILES string of the molecule is COCCN(C)CCCC(C)(C#N)NC1CC1. The number of rotatable bonds is 9. The molecular weight excluding hydrogens is 214 g/mol. The van der Waals surface area contributed by atoms with E-state index in [1.165, 1.54) is 12.8 Å². The minimum Gasteiger partial charge on any atom is -0.383 e. The molecule has 1 N–H and O–H groups in total. The molecule has 0 radical (unpaired) electrons. The fourth-order valence-corrected chi connectivity index (χ4v) is 1.90. The van der Waals surface area contributed by atoms with Crippen molar-refractivity contribution in [2.45, 2.75) is 44.2 Å². The Balaban J connectivity index is 2.16. The van der Waals surface area contributed by atoms with Crippen molar-refractivity contribution < 1.29 is 4.74 Å². The maximum Gasteiger partial charge on any atom is 0.104 e. The van der Waals surface area contributed by atoms with Crippen LogP contribution in [0.3, 0.4) is 0 Å². The molecule has 0 aromatic heterocycles. The van der Waals surface area contributed by atoms with Crippen molar-refractivity contribution >= 4 is 0 Å². The summed E-state index contributed by atoms with van der Waals surface area (Å²) in [6, 6.07) is 3.00. The van der Waals surface area contributed by atoms with E-state index in [1.807, 2.05) is 6.92 Å². The van der Waals surface area contributed by atoms with Crippen LogP contribution in [-0.4, -0.2) is 50.3 Å². The highest BCUT2D eigenvalue weighted by molar-refractivity contribution is 5.06. The lowest BCUT2D eigenvalue weighted by Gasteiger charge is -2.24. The molecule has 0 bridgehead atoms. The second-order valence-electron chi connectivity index (χ2n) is 5.26. The maximum absolute atomic E-state index is 9.22. The van der Waals surface area contributed by atoms with E-state index in [4.69, 9.17) is 4.74 Å². The number of nitrogens with zero attached hydrogens (tertiary/aromatic N) is 2. The van der Waals surface area contributed by atoms with Crippen LogP contribution in [0.4, 0.5) is 0 Å². The standard InChI is InChI=1S/C13H25N3O/c1-13(11-14,15-12-5-6-12)7-4-8-16(2)9-10-17-3/h12,15H,4-10H2,1-3H3. The van der Waals surface area contributed by atoms with Gasteiger partial charge in [0.25, 0.3) is 0 Å². The second-order valence-corrected chi connectivity index (χ2v) is 5.26. The molecule has 4 heteroatoms. The number of hydrogen-bond acceptors (Lipinski definition) is 4. The van der Waals surface area contributed by atoms with Gasteiger partial charge in [-0.25, -0.2) is 0 Å². The summed E-state index contributed by atoms with van der Waals surface area (Å²) in [5.74, 6) is 0. The fourth-order valence-electron chi connectivity index (χ4n) is 1.90. The zero-order valence-electron chi connectivity index (χ0n) is 11.3. The van der Waals surface area contributed by atoms with Gasteiger partial charge in [-0.15, -0.1) is 0 Å². The fraction of sp³-hybridized carbons (Fsp3) is 0.923. The highest BCUT2D eigenvalue weighted by Crippen LogP contribution is 2.24. The summed E-state index contributed by atoms with van der Waals surface area (Å²) in [4.78, 5) is 2.25. The Hall–Kier alpha value is -0.630. The second kappa shape index (κ2) is 6.95. The van der Waals surface area contributed by atoms with E-state index in [0.717, 1.165) is 32.5 Å². The van der Waals surface area contributed by atoms with Crippen molar-refractivity contribution in [3.05, 3.63) is 0 Å². The molecule has 1 fully saturated rings. The van der Waals surface area contributed by atoms with Crippen molar-refractivity contribution in [2.75, 3.05) is 33.9 Å². The van der Waals surface area contributed by atoms with Crippen LogP contribution < -0.4 is 5.32 Å². The molecule has 0 heterocycles. The number of nitriles is 1. The summed E-state index contributed by atoms with van der Waals surface area (Å²) in [6.07, 6.45) is 4.41. The third-order valence-electron chi connectivity index (χ3n) is 3.24. The highest BCUT2D eigenvalue weighted by atomic mass is 16.5. The summed E-state index contributed by atoms with van der Waals surface area (Å²) in [6.45, 7) is 4.76. The topological polar surface area (TPSA) is 48.3 Å². The van der Waals surface area contributed by atoms with Gasteiger partial charge in [0.1, 0.15) is 5.54 Å². The summed E-state index contributed by atoms with van der Waals surface area (Å²) < 4.78 is 5.04. The van der Waals surface area contributed by atoms with E-state index in [-0.39, 0.29) is 5.54 Å². The van der Waals surface area contributed by atoms with E-state index >= 15 is 0 Å². The Morgan fingerprint density at radius 3 is 2.71 bits per heavy atom. The molecule has 0 aliphatic heterocycles. The minimum absolute atomic E-state index is 0.344. The average Bonchev–Trinajstić information content (AvgIpc) is 3.10. The molecule has 4 nitrogen and oxygen atoms in total. The van der Waals surface area contributed by atoms with Gasteiger partial charge in [0.2, 0.25) is 0 Å². The van der Waals surface area contributed by atoms with Crippen LogP contribution in [0.2, 0.25) is 0 Å². The Bertz CT molecular complexity index is 260. The smallest absolute Gasteiger partial charge is 0.104 e. The summed E-state index contributed by atoms with van der Waals surface area (Å²) in [7, 11) is 3.82. The lowest BCUT2D eigenvalue weighted by Crippen LogP contribution is -2.42. The van der Waals surface area contributed by atoms with Gasteiger partial charge in [-0.05, 0) is 46.2 Å². The molecule has 1 atom stereocenters. The molecule has 17 heavy (non-hydrogen) atoms. The van der Waals surface area contributed by atoms with Crippen molar-refractivity contribution in [1.29, 1.82) is 5.26 Å². The number of ether oxygens (including phenoxy) is 1. The molecule has 1 saturated carbocycles. The molecule has 98 valence electrons. The van der Waals surface area contributed by atoms with Crippen LogP contribution in [0, 0.1) is 11.3 Å². The van der Waals surface area contributed by atoms with Gasteiger partial charge >= 0.3 is 0 Å². The van der Waals surface area contributed by atoms with Crippen molar-refractivity contribution in [3.8, 4) is 6.07 Å². The van der Waals surface area contributed by atoms with Crippen molar-refractivity contribution in [2.24, 2.45) is 0 Å². The zero-order chi connectivity index (χ0) is 12.7. The first kappa shape index (κ1) is 14.4.